The Hall–Kier alpha value is 2.10. The van der Waals surface area contributed by atoms with E-state index in [1.54, 1.807) is 22.6 Å². The van der Waals surface area contributed by atoms with Gasteiger partial charge in [-0.25, -0.2) is 0 Å². The minimum absolute atomic E-state index is 0.0138. The van der Waals surface area contributed by atoms with Gasteiger partial charge in [-0.2, -0.15) is 8.42 Å². The van der Waals surface area contributed by atoms with Crippen molar-refractivity contribution in [3.63, 3.8) is 0 Å². The lowest BCUT2D eigenvalue weighted by atomic mass is 10.4. The molecule has 0 rings (SSSR count). The maximum atomic E-state index is 10.6. The van der Waals surface area contributed by atoms with E-state index in [4.69, 9.17) is 4.55 Å². The Morgan fingerprint density at radius 3 is 2.09 bits per heavy atom. The van der Waals surface area contributed by atoms with Crippen LogP contribution in [0.3, 0.4) is 0 Å². The molecule has 68 valence electrons. The monoisotopic (exact) mass is 516 g/mol. The van der Waals surface area contributed by atoms with E-state index in [-0.39, 0.29) is 3.92 Å². The third kappa shape index (κ3) is 5.41. The predicted octanol–water partition coefficient (Wildman–Crippen LogP) is 2.26. The van der Waals surface area contributed by atoms with Gasteiger partial charge in [0.25, 0.3) is 10.1 Å². The van der Waals surface area contributed by atoms with Crippen LogP contribution in [0, 0.1) is 0 Å². The molecule has 0 aliphatic carbocycles. The molecule has 0 bridgehead atoms. The van der Waals surface area contributed by atoms with Gasteiger partial charge >= 0.3 is 0 Å². The van der Waals surface area contributed by atoms with Gasteiger partial charge in [-0.3, -0.25) is 4.55 Å². The van der Waals surface area contributed by atoms with Crippen molar-refractivity contribution in [2.24, 2.45) is 0 Å². The zero-order valence-corrected chi connectivity index (χ0v) is 12.7. The van der Waals surface area contributed by atoms with Crippen molar-refractivity contribution < 1.29 is 13.0 Å². The molecule has 3 nitrogen and oxygen atoms in total. The smallest absolute Gasteiger partial charge is 0.278 e. The fourth-order valence-corrected chi connectivity index (χ4v) is 4.58. The molecule has 0 saturated carbocycles. The van der Waals surface area contributed by atoms with Crippen molar-refractivity contribution >= 4 is 77.9 Å². The summed E-state index contributed by atoms with van der Waals surface area (Å²) in [5.74, 6) is 0. The van der Waals surface area contributed by atoms with E-state index < -0.39 is 13.4 Å². The van der Waals surface area contributed by atoms with Crippen molar-refractivity contribution in [2.75, 3.05) is 4.43 Å². The number of alkyl halides is 3. The highest BCUT2D eigenvalue weighted by atomic mass is 127. The molecule has 0 heterocycles. The highest BCUT2D eigenvalue weighted by Crippen LogP contribution is 2.23. The van der Waals surface area contributed by atoms with Crippen molar-refractivity contribution in [1.29, 1.82) is 0 Å². The molecular formula is C4H7I3O3S. The van der Waals surface area contributed by atoms with Gasteiger partial charge in [-0.1, -0.05) is 67.8 Å². The van der Waals surface area contributed by atoms with Crippen molar-refractivity contribution in [3.05, 3.63) is 0 Å². The highest BCUT2D eigenvalue weighted by molar-refractivity contribution is 14.1. The average molecular weight is 516 g/mol. The van der Waals surface area contributed by atoms with E-state index >= 15 is 0 Å². The molecule has 0 amide bonds. The van der Waals surface area contributed by atoms with E-state index in [1.807, 2.05) is 22.6 Å². The third-order valence-electron chi connectivity index (χ3n) is 0.954. The first-order valence-electron chi connectivity index (χ1n) is 2.70. The molecule has 2 atom stereocenters. The van der Waals surface area contributed by atoms with Crippen LogP contribution in [-0.4, -0.2) is 24.6 Å². The molecule has 0 saturated heterocycles. The maximum absolute atomic E-state index is 10.6. The van der Waals surface area contributed by atoms with Crippen LogP contribution >= 0.6 is 67.8 Å². The average Bonchev–Trinajstić information content (AvgIpc) is 1.85. The normalized spacial score (nSPS) is 17.8. The lowest BCUT2D eigenvalue weighted by Gasteiger charge is -2.11. The molecule has 0 aromatic rings. The van der Waals surface area contributed by atoms with Crippen LogP contribution in [0.2, 0.25) is 0 Å². The zero-order chi connectivity index (χ0) is 9.07. The molecule has 0 aromatic heterocycles. The summed E-state index contributed by atoms with van der Waals surface area (Å²) in [4.78, 5) is 0. The van der Waals surface area contributed by atoms with Gasteiger partial charge in [0.2, 0.25) is 0 Å². The van der Waals surface area contributed by atoms with Gasteiger partial charge in [0, 0.05) is 8.35 Å². The number of hydrogen-bond acceptors (Lipinski definition) is 2. The number of hydrogen-bond donors (Lipinski definition) is 1. The Labute approximate surface area is 107 Å². The molecule has 11 heavy (non-hydrogen) atoms. The highest BCUT2D eigenvalue weighted by Gasteiger charge is 2.26. The van der Waals surface area contributed by atoms with E-state index in [0.717, 1.165) is 10.8 Å². The minimum Gasteiger partial charge on any atom is -0.285 e. The lowest BCUT2D eigenvalue weighted by Crippen LogP contribution is -2.23. The Kier molecular flexibility index (Phi) is 6.85. The van der Waals surface area contributed by atoms with Crippen LogP contribution in [0.4, 0.5) is 0 Å². The second-order valence-corrected chi connectivity index (χ2v) is 8.26. The standard InChI is InChI=1S/C4H7I3O3S/c5-2-1-3(6)4(7)11(8,9)10/h3-4H,1-2H2,(H,8,9,10). The second-order valence-electron chi connectivity index (χ2n) is 1.86. The van der Waals surface area contributed by atoms with Crippen LogP contribution in [0.25, 0.3) is 0 Å². The maximum Gasteiger partial charge on any atom is 0.278 e. The molecule has 0 radical (unpaired) electrons. The molecular weight excluding hydrogens is 509 g/mol. The fourth-order valence-electron chi connectivity index (χ4n) is 0.422. The van der Waals surface area contributed by atoms with Crippen molar-refractivity contribution in [2.45, 2.75) is 13.6 Å². The van der Waals surface area contributed by atoms with Crippen molar-refractivity contribution in [1.82, 2.24) is 0 Å². The Morgan fingerprint density at radius 2 is 1.82 bits per heavy atom. The SMILES string of the molecule is O=S(=O)(O)C(I)C(I)CCI. The summed E-state index contributed by atoms with van der Waals surface area (Å²) < 4.78 is 30.0. The van der Waals surface area contributed by atoms with Gasteiger partial charge in [-0.15, -0.1) is 0 Å². The minimum atomic E-state index is -3.85. The number of rotatable bonds is 4. The zero-order valence-electron chi connectivity index (χ0n) is 5.37. The first-order valence-corrected chi connectivity index (χ1v) is 8.22. The summed E-state index contributed by atoms with van der Waals surface area (Å²) in [7, 11) is -3.85. The Balaban J connectivity index is 4.14. The van der Waals surface area contributed by atoms with Gasteiger partial charge in [0.1, 0.15) is 3.26 Å². The van der Waals surface area contributed by atoms with Crippen LogP contribution in [0.5, 0.6) is 0 Å². The predicted molar refractivity (Wildman–Crippen MR) is 70.7 cm³/mol. The summed E-state index contributed by atoms with van der Waals surface area (Å²) in [5, 5.41) is 0. The number of halogens is 3. The van der Waals surface area contributed by atoms with Crippen LogP contribution in [0.1, 0.15) is 6.42 Å². The Morgan fingerprint density at radius 1 is 1.36 bits per heavy atom. The van der Waals surface area contributed by atoms with Gasteiger partial charge < -0.3 is 0 Å². The van der Waals surface area contributed by atoms with E-state index in [2.05, 4.69) is 22.6 Å². The summed E-state index contributed by atoms with van der Waals surface area (Å²) >= 11 is 5.97. The molecule has 0 aliphatic rings. The second kappa shape index (κ2) is 5.75. The largest absolute Gasteiger partial charge is 0.285 e. The first-order chi connectivity index (χ1) is 4.89. The van der Waals surface area contributed by atoms with Crippen molar-refractivity contribution in [3.8, 4) is 0 Å². The molecule has 0 aromatic carbocycles. The van der Waals surface area contributed by atoms with Gasteiger partial charge in [-0.05, 0) is 6.42 Å². The molecule has 0 spiro atoms. The third-order valence-corrected chi connectivity index (χ3v) is 8.48. The summed E-state index contributed by atoms with van der Waals surface area (Å²) in [6.45, 7) is 0. The molecule has 0 fully saturated rings. The van der Waals surface area contributed by atoms with E-state index in [9.17, 15) is 8.42 Å². The van der Waals surface area contributed by atoms with Gasteiger partial charge in [0.15, 0.2) is 0 Å². The molecule has 0 aliphatic heterocycles. The van der Waals surface area contributed by atoms with Crippen LogP contribution < -0.4 is 0 Å². The topological polar surface area (TPSA) is 54.4 Å². The van der Waals surface area contributed by atoms with Crippen LogP contribution in [0.15, 0.2) is 0 Å². The van der Waals surface area contributed by atoms with E-state index in [0.29, 0.717) is 0 Å². The molecule has 7 heteroatoms. The Bertz CT molecular complexity index is 203. The summed E-state index contributed by atoms with van der Waals surface area (Å²) in [6, 6.07) is 0. The molecule has 1 N–H and O–H groups in total. The summed E-state index contributed by atoms with van der Waals surface area (Å²) in [6.07, 6.45) is 0.800. The van der Waals surface area contributed by atoms with Crippen LogP contribution in [-0.2, 0) is 10.1 Å². The fraction of sp³-hybridized carbons (Fsp3) is 1.00. The first kappa shape index (κ1) is 13.1. The quantitative estimate of drug-likeness (QED) is 0.355. The lowest BCUT2D eigenvalue weighted by molar-refractivity contribution is 0.480. The van der Waals surface area contributed by atoms with Gasteiger partial charge in [0.05, 0.1) is 0 Å². The summed E-state index contributed by atoms with van der Waals surface area (Å²) in [5.41, 5.74) is 0. The molecule has 2 unspecified atom stereocenters. The van der Waals surface area contributed by atoms with E-state index in [1.165, 1.54) is 0 Å².